The maximum atomic E-state index is 12.3. The van der Waals surface area contributed by atoms with Gasteiger partial charge in [0.15, 0.2) is 5.09 Å². The van der Waals surface area contributed by atoms with Crippen molar-refractivity contribution >= 4 is 17.4 Å². The molecule has 1 aromatic heterocycles. The zero-order chi connectivity index (χ0) is 14.0. The summed E-state index contributed by atoms with van der Waals surface area (Å²) >= 11 is -0.361. The van der Waals surface area contributed by atoms with Gasteiger partial charge in [0, 0.05) is 29.5 Å². The molecule has 0 radical (unpaired) electrons. The molecule has 100 valence electrons. The van der Waals surface area contributed by atoms with Gasteiger partial charge >= 0.3 is 5.51 Å². The minimum absolute atomic E-state index is 0.128. The van der Waals surface area contributed by atoms with Crippen LogP contribution in [-0.4, -0.2) is 10.4 Å². The molecule has 0 saturated carbocycles. The number of nitro benzene ring substituents is 1. The van der Waals surface area contributed by atoms with Gasteiger partial charge in [-0.15, -0.1) is 0 Å². The van der Waals surface area contributed by atoms with E-state index >= 15 is 0 Å². The normalized spacial score (nSPS) is 11.5. The molecule has 0 aliphatic carbocycles. The summed E-state index contributed by atoms with van der Waals surface area (Å²) in [6.07, 6.45) is 1.14. The molecule has 0 unspecified atom stereocenters. The van der Waals surface area contributed by atoms with Crippen molar-refractivity contribution in [1.82, 2.24) is 0 Å². The Hall–Kier alpha value is -1.96. The minimum Gasteiger partial charge on any atom is -0.457 e. The summed E-state index contributed by atoms with van der Waals surface area (Å²) in [7, 11) is 0. The summed E-state index contributed by atoms with van der Waals surface area (Å²) in [6, 6.07) is 6.59. The Bertz CT molecular complexity index is 592. The lowest BCUT2D eigenvalue weighted by Gasteiger charge is -2.05. The number of hydrogen-bond acceptors (Lipinski definition) is 4. The Morgan fingerprint density at radius 2 is 1.79 bits per heavy atom. The summed E-state index contributed by atoms with van der Waals surface area (Å²) in [6.45, 7) is 0. The molecule has 8 heteroatoms. The Morgan fingerprint density at radius 3 is 2.32 bits per heavy atom. The number of alkyl halides is 3. The van der Waals surface area contributed by atoms with Crippen LogP contribution in [0.4, 0.5) is 18.9 Å². The number of hydrogen-bond donors (Lipinski definition) is 0. The summed E-state index contributed by atoms with van der Waals surface area (Å²) in [5, 5.41) is 10.2. The molecule has 0 aliphatic heterocycles. The fraction of sp³-hybridized carbons (Fsp3) is 0.0909. The van der Waals surface area contributed by atoms with Gasteiger partial charge in [0.2, 0.25) is 0 Å². The molecule has 4 nitrogen and oxygen atoms in total. The van der Waals surface area contributed by atoms with Gasteiger partial charge < -0.3 is 4.42 Å². The monoisotopic (exact) mass is 289 g/mol. The van der Waals surface area contributed by atoms with Gasteiger partial charge in [0.05, 0.1) is 11.2 Å². The van der Waals surface area contributed by atoms with E-state index in [2.05, 4.69) is 0 Å². The number of nitro groups is 1. The highest BCUT2D eigenvalue weighted by molar-refractivity contribution is 8.00. The number of halogens is 3. The third-order valence-electron chi connectivity index (χ3n) is 2.23. The van der Waals surface area contributed by atoms with Crippen molar-refractivity contribution in [2.45, 2.75) is 10.6 Å². The topological polar surface area (TPSA) is 56.3 Å². The third-order valence-corrected chi connectivity index (χ3v) is 2.96. The van der Waals surface area contributed by atoms with Crippen LogP contribution >= 0.6 is 11.8 Å². The van der Waals surface area contributed by atoms with Gasteiger partial charge in [0.25, 0.3) is 5.69 Å². The van der Waals surface area contributed by atoms with Crippen LogP contribution in [0.1, 0.15) is 0 Å². The Labute approximate surface area is 109 Å². The van der Waals surface area contributed by atoms with E-state index in [1.165, 1.54) is 30.3 Å². The summed E-state index contributed by atoms with van der Waals surface area (Å²) in [5.41, 5.74) is -3.91. The molecule has 0 fully saturated rings. The Morgan fingerprint density at radius 1 is 1.16 bits per heavy atom. The van der Waals surface area contributed by atoms with Crippen molar-refractivity contribution in [3.63, 3.8) is 0 Å². The van der Waals surface area contributed by atoms with Crippen molar-refractivity contribution in [1.29, 1.82) is 0 Å². The molecule has 1 aromatic carbocycles. The SMILES string of the molecule is O=[N+]([O-])c1ccc(-c2ccoc2SC(F)(F)F)cc1. The van der Waals surface area contributed by atoms with Gasteiger partial charge in [-0.2, -0.15) is 13.2 Å². The number of furan rings is 1. The molecular formula is C11H6F3NO3S. The largest absolute Gasteiger partial charge is 0.457 e. The number of benzene rings is 1. The van der Waals surface area contributed by atoms with Gasteiger partial charge in [-0.1, -0.05) is 0 Å². The number of non-ortho nitro benzene ring substituents is 1. The highest BCUT2D eigenvalue weighted by Crippen LogP contribution is 2.42. The molecule has 19 heavy (non-hydrogen) atoms. The maximum absolute atomic E-state index is 12.3. The van der Waals surface area contributed by atoms with E-state index < -0.39 is 10.4 Å². The highest BCUT2D eigenvalue weighted by atomic mass is 32.2. The molecule has 0 spiro atoms. The molecule has 1 heterocycles. The lowest BCUT2D eigenvalue weighted by Crippen LogP contribution is -1.98. The smallest absolute Gasteiger partial charge is 0.449 e. The van der Waals surface area contributed by atoms with Crippen molar-refractivity contribution in [3.8, 4) is 11.1 Å². The van der Waals surface area contributed by atoms with Gasteiger partial charge in [0.1, 0.15) is 0 Å². The molecule has 0 atom stereocenters. The summed E-state index contributed by atoms with van der Waals surface area (Å²) < 4.78 is 41.7. The zero-order valence-corrected chi connectivity index (χ0v) is 9.99. The predicted molar refractivity (Wildman–Crippen MR) is 62.7 cm³/mol. The second-order valence-electron chi connectivity index (χ2n) is 3.47. The van der Waals surface area contributed by atoms with Crippen molar-refractivity contribution in [3.05, 3.63) is 46.7 Å². The quantitative estimate of drug-likeness (QED) is 0.475. The highest BCUT2D eigenvalue weighted by Gasteiger charge is 2.32. The van der Waals surface area contributed by atoms with E-state index in [1.54, 1.807) is 0 Å². The van der Waals surface area contributed by atoms with Crippen LogP contribution in [0.2, 0.25) is 0 Å². The summed E-state index contributed by atoms with van der Waals surface area (Å²) in [4.78, 5) is 9.91. The van der Waals surface area contributed by atoms with Crippen LogP contribution in [0.15, 0.2) is 46.1 Å². The average molecular weight is 289 g/mol. The number of thioether (sulfide) groups is 1. The fourth-order valence-corrected chi connectivity index (χ4v) is 2.07. The van der Waals surface area contributed by atoms with Gasteiger partial charge in [-0.05, 0) is 23.8 Å². The van der Waals surface area contributed by atoms with Crippen LogP contribution in [-0.2, 0) is 0 Å². The molecule has 2 rings (SSSR count). The molecule has 0 amide bonds. The first-order valence-electron chi connectivity index (χ1n) is 4.95. The predicted octanol–water partition coefficient (Wildman–Crippen LogP) is 4.47. The second-order valence-corrected chi connectivity index (χ2v) is 4.51. The Balaban J connectivity index is 2.32. The van der Waals surface area contributed by atoms with Crippen LogP contribution in [0.5, 0.6) is 0 Å². The van der Waals surface area contributed by atoms with E-state index in [9.17, 15) is 23.3 Å². The van der Waals surface area contributed by atoms with E-state index in [4.69, 9.17) is 4.42 Å². The van der Waals surface area contributed by atoms with E-state index in [0.717, 1.165) is 6.26 Å². The standard InChI is InChI=1S/C11H6F3NO3S/c12-11(13,14)19-10-9(5-6-18-10)7-1-3-8(4-2-7)15(16)17/h1-6H. The average Bonchev–Trinajstić information content (AvgIpc) is 2.75. The van der Waals surface area contributed by atoms with Crippen LogP contribution < -0.4 is 0 Å². The molecule has 2 aromatic rings. The second kappa shape index (κ2) is 4.96. The lowest BCUT2D eigenvalue weighted by molar-refractivity contribution is -0.384. The molecule has 0 aliphatic rings. The first-order valence-corrected chi connectivity index (χ1v) is 5.76. The third kappa shape index (κ3) is 3.28. The summed E-state index contributed by atoms with van der Waals surface area (Å²) in [5.74, 6) is 0. The van der Waals surface area contributed by atoms with Crippen molar-refractivity contribution in [2.75, 3.05) is 0 Å². The Kier molecular flexibility index (Phi) is 3.52. The first-order chi connectivity index (χ1) is 8.87. The number of rotatable bonds is 3. The first kappa shape index (κ1) is 13.5. The van der Waals surface area contributed by atoms with E-state index in [-0.39, 0.29) is 28.1 Å². The molecular weight excluding hydrogens is 283 g/mol. The van der Waals surface area contributed by atoms with Crippen LogP contribution in [0.25, 0.3) is 11.1 Å². The van der Waals surface area contributed by atoms with Crippen LogP contribution in [0, 0.1) is 10.1 Å². The van der Waals surface area contributed by atoms with Crippen molar-refractivity contribution < 1.29 is 22.5 Å². The fourth-order valence-electron chi connectivity index (χ4n) is 1.46. The minimum atomic E-state index is -4.45. The van der Waals surface area contributed by atoms with Gasteiger partial charge in [-0.25, -0.2) is 0 Å². The zero-order valence-electron chi connectivity index (χ0n) is 9.18. The molecule has 0 saturated heterocycles. The van der Waals surface area contributed by atoms with Gasteiger partial charge in [-0.3, -0.25) is 10.1 Å². The van der Waals surface area contributed by atoms with Crippen LogP contribution in [0.3, 0.4) is 0 Å². The molecule has 0 bridgehead atoms. The van der Waals surface area contributed by atoms with E-state index in [0.29, 0.717) is 5.56 Å². The van der Waals surface area contributed by atoms with Crippen molar-refractivity contribution in [2.24, 2.45) is 0 Å². The lowest BCUT2D eigenvalue weighted by atomic mass is 10.1. The van der Waals surface area contributed by atoms with E-state index in [1.807, 2.05) is 0 Å². The maximum Gasteiger partial charge on any atom is 0.449 e. The molecule has 0 N–H and O–H groups in total. The number of nitrogens with zero attached hydrogens (tertiary/aromatic N) is 1.